The van der Waals surface area contributed by atoms with Gasteiger partial charge in [-0.25, -0.2) is 0 Å². The van der Waals surface area contributed by atoms with Gasteiger partial charge in [0.05, 0.1) is 0 Å². The van der Waals surface area contributed by atoms with Crippen LogP contribution in [0.5, 0.6) is 0 Å². The van der Waals surface area contributed by atoms with E-state index in [0.717, 1.165) is 30.4 Å². The summed E-state index contributed by atoms with van der Waals surface area (Å²) >= 11 is 3.60. The molecule has 2 rings (SSSR count). The number of carbonyl (C=O) groups excluding carboxylic acids is 1. The highest BCUT2D eigenvalue weighted by molar-refractivity contribution is 9.10. The number of hydrogen-bond acceptors (Lipinski definition) is 2. The van der Waals surface area contributed by atoms with E-state index in [9.17, 15) is 4.79 Å². The minimum Gasteiger partial charge on any atom is -0.303 e. The summed E-state index contributed by atoms with van der Waals surface area (Å²) in [6, 6.07) is 8.31. The average Bonchev–Trinajstić information content (AvgIpc) is 2.67. The van der Waals surface area contributed by atoms with Gasteiger partial charge in [0.1, 0.15) is 6.29 Å². The average molecular weight is 338 g/mol. The van der Waals surface area contributed by atoms with Gasteiger partial charge in [-0.3, -0.25) is 0 Å². The van der Waals surface area contributed by atoms with E-state index >= 15 is 0 Å². The summed E-state index contributed by atoms with van der Waals surface area (Å²) in [7, 11) is 2.12. The Labute approximate surface area is 130 Å². The molecule has 1 fully saturated rings. The second kappa shape index (κ2) is 7.37. The summed E-state index contributed by atoms with van der Waals surface area (Å²) in [6.07, 6.45) is 8.29. The molecule has 0 aromatic heterocycles. The number of halogens is 1. The largest absolute Gasteiger partial charge is 0.303 e. The summed E-state index contributed by atoms with van der Waals surface area (Å²) in [5.41, 5.74) is 1.16. The van der Waals surface area contributed by atoms with Crippen LogP contribution in [0.4, 0.5) is 0 Å². The van der Waals surface area contributed by atoms with E-state index < -0.39 is 0 Å². The predicted molar refractivity (Wildman–Crippen MR) is 86.7 cm³/mol. The summed E-state index contributed by atoms with van der Waals surface area (Å²) in [5.74, 6) is 0. The van der Waals surface area contributed by atoms with E-state index in [1.54, 1.807) is 0 Å². The molecule has 0 spiro atoms. The third-order valence-corrected chi connectivity index (χ3v) is 5.11. The van der Waals surface area contributed by atoms with Gasteiger partial charge >= 0.3 is 0 Å². The van der Waals surface area contributed by atoms with Crippen LogP contribution in [0.3, 0.4) is 0 Å². The zero-order valence-electron chi connectivity index (χ0n) is 12.3. The van der Waals surface area contributed by atoms with E-state index in [1.807, 2.05) is 6.07 Å². The van der Waals surface area contributed by atoms with Gasteiger partial charge in [-0.15, -0.1) is 0 Å². The quantitative estimate of drug-likeness (QED) is 0.585. The van der Waals surface area contributed by atoms with Crippen molar-refractivity contribution in [2.24, 2.45) is 5.41 Å². The highest BCUT2D eigenvalue weighted by Gasteiger charge is 2.31. The SMILES string of the molecule is CN(Cc1ccccc1Br)CC1(C=O)CCCCCC1. The molecule has 110 valence electrons. The number of benzene rings is 1. The van der Waals surface area contributed by atoms with Crippen LogP contribution < -0.4 is 0 Å². The van der Waals surface area contributed by atoms with E-state index in [1.165, 1.54) is 37.5 Å². The standard InChI is InChI=1S/C17H24BrNO/c1-19(12-15-8-4-5-9-16(15)18)13-17(14-20)10-6-2-3-7-11-17/h4-5,8-9,14H,2-3,6-7,10-13H2,1H3. The molecule has 0 unspecified atom stereocenters. The van der Waals surface area contributed by atoms with Gasteiger partial charge in [0.2, 0.25) is 0 Å². The Morgan fingerprint density at radius 3 is 2.45 bits per heavy atom. The lowest BCUT2D eigenvalue weighted by molar-refractivity contribution is -0.118. The summed E-state index contributed by atoms with van der Waals surface area (Å²) in [4.78, 5) is 13.9. The Balaban J connectivity index is 2.00. The lowest BCUT2D eigenvalue weighted by Crippen LogP contribution is -2.36. The third-order valence-electron chi connectivity index (χ3n) is 4.33. The predicted octanol–water partition coefficient (Wildman–Crippen LogP) is 4.42. The summed E-state index contributed by atoms with van der Waals surface area (Å²) in [5, 5.41) is 0. The lowest BCUT2D eigenvalue weighted by Gasteiger charge is -2.31. The van der Waals surface area contributed by atoms with Crippen molar-refractivity contribution in [3.05, 3.63) is 34.3 Å². The van der Waals surface area contributed by atoms with E-state index in [-0.39, 0.29) is 5.41 Å². The van der Waals surface area contributed by atoms with E-state index in [2.05, 4.69) is 46.1 Å². The van der Waals surface area contributed by atoms with Crippen LogP contribution in [-0.2, 0) is 11.3 Å². The van der Waals surface area contributed by atoms with Crippen molar-refractivity contribution in [1.82, 2.24) is 4.90 Å². The van der Waals surface area contributed by atoms with Crippen molar-refractivity contribution < 1.29 is 4.79 Å². The number of hydrogen-bond donors (Lipinski definition) is 0. The van der Waals surface area contributed by atoms with Crippen LogP contribution in [0.2, 0.25) is 0 Å². The van der Waals surface area contributed by atoms with Gasteiger partial charge in [-0.2, -0.15) is 0 Å². The molecule has 0 saturated heterocycles. The van der Waals surface area contributed by atoms with Crippen LogP contribution in [-0.4, -0.2) is 24.8 Å². The smallest absolute Gasteiger partial charge is 0.127 e. The van der Waals surface area contributed by atoms with Crippen molar-refractivity contribution in [3.63, 3.8) is 0 Å². The lowest BCUT2D eigenvalue weighted by atomic mass is 9.81. The van der Waals surface area contributed by atoms with Crippen molar-refractivity contribution in [2.75, 3.05) is 13.6 Å². The first-order valence-corrected chi connectivity index (χ1v) is 8.33. The topological polar surface area (TPSA) is 20.3 Å². The zero-order chi connectivity index (χ0) is 14.4. The van der Waals surface area contributed by atoms with Gasteiger partial charge in [-0.1, -0.05) is 59.8 Å². The molecule has 20 heavy (non-hydrogen) atoms. The Bertz CT molecular complexity index is 438. The molecule has 0 radical (unpaired) electrons. The minimum atomic E-state index is -0.119. The Morgan fingerprint density at radius 2 is 1.85 bits per heavy atom. The molecule has 1 aliphatic carbocycles. The molecule has 1 aliphatic rings. The number of carbonyl (C=O) groups is 1. The van der Waals surface area contributed by atoms with E-state index in [4.69, 9.17) is 0 Å². The molecule has 2 nitrogen and oxygen atoms in total. The van der Waals surface area contributed by atoms with Gasteiger partial charge in [0, 0.05) is 23.0 Å². The summed E-state index contributed by atoms with van der Waals surface area (Å²) < 4.78 is 1.15. The zero-order valence-corrected chi connectivity index (χ0v) is 13.9. The molecule has 0 bridgehead atoms. The van der Waals surface area contributed by atoms with Gasteiger partial charge in [0.15, 0.2) is 0 Å². The van der Waals surface area contributed by atoms with Gasteiger partial charge in [0.25, 0.3) is 0 Å². The van der Waals surface area contributed by atoms with Crippen molar-refractivity contribution in [1.29, 1.82) is 0 Å². The summed E-state index contributed by atoms with van der Waals surface area (Å²) in [6.45, 7) is 1.76. The van der Waals surface area contributed by atoms with Crippen molar-refractivity contribution in [3.8, 4) is 0 Å². The highest BCUT2D eigenvalue weighted by atomic mass is 79.9. The maximum Gasteiger partial charge on any atom is 0.127 e. The molecule has 1 aromatic carbocycles. The van der Waals surface area contributed by atoms with Crippen LogP contribution in [0.15, 0.2) is 28.7 Å². The normalized spacial score (nSPS) is 18.8. The first kappa shape index (κ1) is 15.7. The van der Waals surface area contributed by atoms with Crippen LogP contribution in [0, 0.1) is 5.41 Å². The second-order valence-electron chi connectivity index (χ2n) is 6.16. The minimum absolute atomic E-state index is 0.119. The Kier molecular flexibility index (Phi) is 5.79. The number of aldehydes is 1. The molecule has 0 N–H and O–H groups in total. The molecule has 1 saturated carbocycles. The maximum atomic E-state index is 11.7. The van der Waals surface area contributed by atoms with Crippen LogP contribution in [0.1, 0.15) is 44.1 Å². The highest BCUT2D eigenvalue weighted by Crippen LogP contribution is 2.34. The fourth-order valence-corrected chi connectivity index (χ4v) is 3.67. The number of nitrogens with zero attached hydrogens (tertiary/aromatic N) is 1. The van der Waals surface area contributed by atoms with Crippen LogP contribution >= 0.6 is 15.9 Å². The Hall–Kier alpha value is -0.670. The molecule has 3 heteroatoms. The molecule has 0 amide bonds. The maximum absolute atomic E-state index is 11.7. The van der Waals surface area contributed by atoms with E-state index in [0.29, 0.717) is 0 Å². The van der Waals surface area contributed by atoms with Gasteiger partial charge < -0.3 is 9.69 Å². The molecule has 0 atom stereocenters. The fraction of sp³-hybridized carbons (Fsp3) is 0.588. The molecule has 0 aliphatic heterocycles. The van der Waals surface area contributed by atoms with Crippen molar-refractivity contribution >= 4 is 22.2 Å². The Morgan fingerprint density at radius 1 is 1.20 bits per heavy atom. The van der Waals surface area contributed by atoms with Crippen molar-refractivity contribution in [2.45, 2.75) is 45.1 Å². The molecular formula is C17H24BrNO. The monoisotopic (exact) mass is 337 g/mol. The first-order valence-electron chi connectivity index (χ1n) is 7.53. The second-order valence-corrected chi connectivity index (χ2v) is 7.01. The van der Waals surface area contributed by atoms with Gasteiger partial charge in [-0.05, 0) is 31.5 Å². The number of rotatable bonds is 5. The molecular weight excluding hydrogens is 314 g/mol. The third kappa shape index (κ3) is 4.16. The molecule has 1 aromatic rings. The molecule has 0 heterocycles. The van der Waals surface area contributed by atoms with Crippen LogP contribution in [0.25, 0.3) is 0 Å². The first-order chi connectivity index (χ1) is 9.65. The fourth-order valence-electron chi connectivity index (χ4n) is 3.26.